The highest BCUT2D eigenvalue weighted by atomic mass is 14.9. The summed E-state index contributed by atoms with van der Waals surface area (Å²) < 4.78 is 0. The summed E-state index contributed by atoms with van der Waals surface area (Å²) in [7, 11) is 0. The van der Waals surface area contributed by atoms with Gasteiger partial charge in [0.15, 0.2) is 0 Å². The van der Waals surface area contributed by atoms with E-state index in [0.717, 1.165) is 19.0 Å². The Morgan fingerprint density at radius 3 is 2.64 bits per heavy atom. The van der Waals surface area contributed by atoms with E-state index in [2.05, 4.69) is 36.3 Å². The Balaban J connectivity index is 2.14. The molecule has 76 valence electrons. The van der Waals surface area contributed by atoms with Gasteiger partial charge in [0.1, 0.15) is 0 Å². The number of likely N-dealkylation sites (N-methyl/N-ethyl adjacent to an activating group) is 1. The zero-order chi connectivity index (χ0) is 10.0. The van der Waals surface area contributed by atoms with Gasteiger partial charge in [-0.25, -0.2) is 0 Å². The highest BCUT2D eigenvalue weighted by Crippen LogP contribution is 2.53. The van der Waals surface area contributed by atoms with Gasteiger partial charge >= 0.3 is 0 Å². The molecule has 0 spiro atoms. The standard InChI is InChI=1S/C12H18N2/c1-3-13-9-12(8-10(12)2)11-4-6-14-7-5-11/h4-7,10,13H,3,8-9H2,1-2H3. The highest BCUT2D eigenvalue weighted by Gasteiger charge is 2.51. The molecule has 0 radical (unpaired) electrons. The van der Waals surface area contributed by atoms with E-state index in [1.54, 1.807) is 0 Å². The fourth-order valence-electron chi connectivity index (χ4n) is 2.27. The lowest BCUT2D eigenvalue weighted by Gasteiger charge is -2.17. The van der Waals surface area contributed by atoms with E-state index in [0.29, 0.717) is 5.41 Å². The van der Waals surface area contributed by atoms with Crippen LogP contribution in [0.4, 0.5) is 0 Å². The molecule has 2 nitrogen and oxygen atoms in total. The van der Waals surface area contributed by atoms with Crippen molar-refractivity contribution in [1.82, 2.24) is 10.3 Å². The summed E-state index contributed by atoms with van der Waals surface area (Å²) in [6, 6.07) is 4.31. The first-order valence-electron chi connectivity index (χ1n) is 5.41. The van der Waals surface area contributed by atoms with Crippen molar-refractivity contribution in [3.8, 4) is 0 Å². The molecule has 1 aromatic heterocycles. The average Bonchev–Trinajstić information content (AvgIpc) is 2.89. The van der Waals surface area contributed by atoms with Crippen LogP contribution in [-0.4, -0.2) is 18.1 Å². The minimum Gasteiger partial charge on any atom is -0.316 e. The van der Waals surface area contributed by atoms with Crippen LogP contribution < -0.4 is 5.32 Å². The number of hydrogen-bond donors (Lipinski definition) is 1. The van der Waals surface area contributed by atoms with Gasteiger partial charge in [0.05, 0.1) is 0 Å². The second-order valence-corrected chi connectivity index (χ2v) is 4.28. The van der Waals surface area contributed by atoms with Crippen molar-refractivity contribution < 1.29 is 0 Å². The maximum absolute atomic E-state index is 4.07. The molecule has 1 heterocycles. The van der Waals surface area contributed by atoms with Gasteiger partial charge in [-0.1, -0.05) is 13.8 Å². The number of pyridine rings is 1. The van der Waals surface area contributed by atoms with E-state index in [-0.39, 0.29) is 0 Å². The molecule has 1 aromatic rings. The molecule has 0 aromatic carbocycles. The van der Waals surface area contributed by atoms with Crippen LogP contribution in [0.25, 0.3) is 0 Å². The first kappa shape index (κ1) is 9.66. The Labute approximate surface area is 85.7 Å². The molecule has 1 fully saturated rings. The molecule has 14 heavy (non-hydrogen) atoms. The topological polar surface area (TPSA) is 24.9 Å². The van der Waals surface area contributed by atoms with E-state index < -0.39 is 0 Å². The summed E-state index contributed by atoms with van der Waals surface area (Å²) in [5.41, 5.74) is 1.85. The largest absolute Gasteiger partial charge is 0.316 e. The maximum Gasteiger partial charge on any atom is 0.0270 e. The lowest BCUT2D eigenvalue weighted by molar-refractivity contribution is 0.555. The van der Waals surface area contributed by atoms with Gasteiger partial charge in [0.25, 0.3) is 0 Å². The molecule has 0 bridgehead atoms. The van der Waals surface area contributed by atoms with Crippen LogP contribution in [0.2, 0.25) is 0 Å². The van der Waals surface area contributed by atoms with Crippen LogP contribution in [-0.2, 0) is 5.41 Å². The molecule has 0 amide bonds. The average molecular weight is 190 g/mol. The van der Waals surface area contributed by atoms with Gasteiger partial charge in [0.2, 0.25) is 0 Å². The van der Waals surface area contributed by atoms with Crippen molar-refractivity contribution in [3.63, 3.8) is 0 Å². The van der Waals surface area contributed by atoms with Crippen molar-refractivity contribution >= 4 is 0 Å². The first-order valence-corrected chi connectivity index (χ1v) is 5.41. The van der Waals surface area contributed by atoms with E-state index in [4.69, 9.17) is 0 Å². The molecular weight excluding hydrogens is 172 g/mol. The summed E-state index contributed by atoms with van der Waals surface area (Å²) in [5.74, 6) is 0.809. The molecule has 1 aliphatic rings. The Morgan fingerprint density at radius 1 is 1.50 bits per heavy atom. The van der Waals surface area contributed by atoms with Crippen molar-refractivity contribution in [1.29, 1.82) is 0 Å². The third kappa shape index (κ3) is 1.55. The molecule has 1 N–H and O–H groups in total. The zero-order valence-corrected chi connectivity index (χ0v) is 8.96. The molecular formula is C12H18N2. The lowest BCUT2D eigenvalue weighted by Crippen LogP contribution is -2.28. The molecule has 0 saturated heterocycles. The fraction of sp³-hybridized carbons (Fsp3) is 0.583. The second kappa shape index (κ2) is 3.70. The molecule has 2 atom stereocenters. The van der Waals surface area contributed by atoms with Gasteiger partial charge in [-0.05, 0) is 36.6 Å². The lowest BCUT2D eigenvalue weighted by atomic mass is 9.94. The minimum absolute atomic E-state index is 0.402. The number of rotatable bonds is 4. The predicted octanol–water partition coefficient (Wildman–Crippen LogP) is 1.97. The Morgan fingerprint density at radius 2 is 2.14 bits per heavy atom. The summed E-state index contributed by atoms with van der Waals surface area (Å²) >= 11 is 0. The van der Waals surface area contributed by atoms with Crippen LogP contribution in [0, 0.1) is 5.92 Å². The third-order valence-electron chi connectivity index (χ3n) is 3.40. The smallest absolute Gasteiger partial charge is 0.0270 e. The SMILES string of the molecule is CCNCC1(c2ccncc2)CC1C. The Bertz CT molecular complexity index is 296. The van der Waals surface area contributed by atoms with Gasteiger partial charge in [-0.3, -0.25) is 4.98 Å². The van der Waals surface area contributed by atoms with E-state index in [1.165, 1.54) is 12.0 Å². The van der Waals surface area contributed by atoms with Crippen molar-refractivity contribution in [2.24, 2.45) is 5.92 Å². The zero-order valence-electron chi connectivity index (χ0n) is 8.96. The minimum atomic E-state index is 0.402. The van der Waals surface area contributed by atoms with Gasteiger partial charge in [-0.2, -0.15) is 0 Å². The summed E-state index contributed by atoms with van der Waals surface area (Å²) in [6.45, 7) is 6.65. The molecule has 2 rings (SSSR count). The summed E-state index contributed by atoms with van der Waals surface area (Å²) in [6.07, 6.45) is 5.10. The monoisotopic (exact) mass is 190 g/mol. The fourth-order valence-corrected chi connectivity index (χ4v) is 2.27. The van der Waals surface area contributed by atoms with Crippen molar-refractivity contribution in [3.05, 3.63) is 30.1 Å². The number of nitrogens with zero attached hydrogens (tertiary/aromatic N) is 1. The first-order chi connectivity index (χ1) is 6.79. The second-order valence-electron chi connectivity index (χ2n) is 4.28. The van der Waals surface area contributed by atoms with E-state index >= 15 is 0 Å². The molecule has 1 aliphatic carbocycles. The normalized spacial score (nSPS) is 30.3. The van der Waals surface area contributed by atoms with Crippen molar-refractivity contribution in [2.45, 2.75) is 25.7 Å². The summed E-state index contributed by atoms with van der Waals surface area (Å²) in [4.78, 5) is 4.07. The number of hydrogen-bond acceptors (Lipinski definition) is 2. The molecule has 1 saturated carbocycles. The van der Waals surface area contributed by atoms with E-state index in [9.17, 15) is 0 Å². The van der Waals surface area contributed by atoms with E-state index in [1.807, 2.05) is 12.4 Å². The van der Waals surface area contributed by atoms with Gasteiger partial charge in [0, 0.05) is 24.4 Å². The summed E-state index contributed by atoms with van der Waals surface area (Å²) in [5, 5.41) is 3.46. The van der Waals surface area contributed by atoms with Crippen LogP contribution in [0.3, 0.4) is 0 Å². The molecule has 0 aliphatic heterocycles. The van der Waals surface area contributed by atoms with Crippen LogP contribution >= 0.6 is 0 Å². The number of nitrogens with one attached hydrogen (secondary N) is 1. The van der Waals surface area contributed by atoms with Crippen LogP contribution in [0.15, 0.2) is 24.5 Å². The molecule has 2 heteroatoms. The highest BCUT2D eigenvalue weighted by molar-refractivity contribution is 5.32. The van der Waals surface area contributed by atoms with Crippen LogP contribution in [0.5, 0.6) is 0 Å². The Kier molecular flexibility index (Phi) is 2.55. The van der Waals surface area contributed by atoms with Crippen molar-refractivity contribution in [2.75, 3.05) is 13.1 Å². The third-order valence-corrected chi connectivity index (χ3v) is 3.40. The van der Waals surface area contributed by atoms with Crippen LogP contribution in [0.1, 0.15) is 25.8 Å². The quantitative estimate of drug-likeness (QED) is 0.785. The molecule has 2 unspecified atom stereocenters. The predicted molar refractivity (Wildman–Crippen MR) is 58.2 cm³/mol. The van der Waals surface area contributed by atoms with Gasteiger partial charge in [-0.15, -0.1) is 0 Å². The maximum atomic E-state index is 4.07. The number of aromatic nitrogens is 1. The Hall–Kier alpha value is -0.890. The van der Waals surface area contributed by atoms with Gasteiger partial charge < -0.3 is 5.32 Å².